The van der Waals surface area contributed by atoms with Crippen LogP contribution in [-0.2, 0) is 33.5 Å². The minimum absolute atomic E-state index is 0.122. The topological polar surface area (TPSA) is 170 Å². The number of hydrogen-bond donors (Lipinski definition) is 2. The lowest BCUT2D eigenvalue weighted by Gasteiger charge is -2.17. The van der Waals surface area contributed by atoms with Crippen LogP contribution in [0.3, 0.4) is 0 Å². The van der Waals surface area contributed by atoms with Gasteiger partial charge in [-0.05, 0) is 67.4 Å². The molecule has 0 radical (unpaired) electrons. The Labute approximate surface area is 290 Å². The number of aromatic carboxylic acids is 1. The number of anilines is 1. The van der Waals surface area contributed by atoms with Gasteiger partial charge in [0.25, 0.3) is 0 Å². The Morgan fingerprint density at radius 3 is 2.04 bits per heavy atom. The lowest BCUT2D eigenvalue weighted by atomic mass is 10.1. The lowest BCUT2D eigenvalue weighted by molar-refractivity contribution is -0.114. The van der Waals surface area contributed by atoms with Crippen molar-refractivity contribution >= 4 is 55.8 Å². The average molecular weight is 722 g/mol. The standard InChI is InChI=1S/C18H16N4O3S.C15H19N3O3S2/c1-11(23)19-14-8-6-12(7-9-14)16-21-22(2)18(26-16)20-15-5-3-4-13(10-15)17(24)25;1-18-15(16-12-7-9-21-10-8-12)22-14(17-18)11-3-5-13(6-4-11)23(2,19)20/h3-10H,1-2H3,(H,19,23)(H,24,25);3-6,12H,7-10H2,1-2H3. The molecule has 1 amide bonds. The summed E-state index contributed by atoms with van der Waals surface area (Å²) in [5.74, 6) is -1.11. The molecule has 2 N–H and O–H groups in total. The summed E-state index contributed by atoms with van der Waals surface area (Å²) in [6.45, 7) is 2.98. The number of carbonyl (C=O) groups is 2. The van der Waals surface area contributed by atoms with Gasteiger partial charge < -0.3 is 15.2 Å². The maximum atomic E-state index is 11.5. The predicted octanol–water partition coefficient (Wildman–Crippen LogP) is 4.67. The van der Waals surface area contributed by atoms with Gasteiger partial charge >= 0.3 is 5.97 Å². The molecular weight excluding hydrogens is 687 g/mol. The summed E-state index contributed by atoms with van der Waals surface area (Å²) in [4.78, 5) is 33.2. The van der Waals surface area contributed by atoms with Crippen molar-refractivity contribution in [3.8, 4) is 21.1 Å². The van der Waals surface area contributed by atoms with Crippen LogP contribution in [0.1, 0.15) is 30.1 Å². The fourth-order valence-electron chi connectivity index (χ4n) is 4.68. The predicted molar refractivity (Wildman–Crippen MR) is 188 cm³/mol. The van der Waals surface area contributed by atoms with Crippen molar-refractivity contribution in [3.05, 3.63) is 88.0 Å². The van der Waals surface area contributed by atoms with Crippen molar-refractivity contribution in [2.75, 3.05) is 24.8 Å². The number of rotatable bonds is 7. The molecule has 1 aliphatic rings. The molecule has 16 heteroatoms. The molecule has 256 valence electrons. The summed E-state index contributed by atoms with van der Waals surface area (Å²) in [5, 5.41) is 22.4. The van der Waals surface area contributed by atoms with Crippen LogP contribution in [0.2, 0.25) is 0 Å². The lowest BCUT2D eigenvalue weighted by Crippen LogP contribution is -2.23. The van der Waals surface area contributed by atoms with Crippen LogP contribution in [-0.4, -0.2) is 70.5 Å². The molecule has 49 heavy (non-hydrogen) atoms. The summed E-state index contributed by atoms with van der Waals surface area (Å²) < 4.78 is 31.8. The van der Waals surface area contributed by atoms with Crippen LogP contribution in [0.4, 0.5) is 11.4 Å². The largest absolute Gasteiger partial charge is 0.478 e. The highest BCUT2D eigenvalue weighted by Crippen LogP contribution is 2.23. The number of carbonyl (C=O) groups excluding carboxylic acids is 1. The molecule has 5 aromatic rings. The number of ether oxygens (including phenoxy) is 1. The zero-order chi connectivity index (χ0) is 35.1. The second-order valence-corrected chi connectivity index (χ2v) is 15.0. The molecule has 1 saturated heterocycles. The third-order valence-electron chi connectivity index (χ3n) is 7.19. The van der Waals surface area contributed by atoms with E-state index in [1.165, 1.54) is 48.0 Å². The molecule has 0 saturated carbocycles. The molecule has 1 aliphatic heterocycles. The van der Waals surface area contributed by atoms with Gasteiger partial charge in [0.1, 0.15) is 10.0 Å². The van der Waals surface area contributed by atoms with Gasteiger partial charge in [0.15, 0.2) is 9.84 Å². The Bertz CT molecular complexity index is 2190. The number of sulfone groups is 1. The van der Waals surface area contributed by atoms with E-state index < -0.39 is 15.8 Å². The molecule has 3 heterocycles. The second kappa shape index (κ2) is 15.6. The first kappa shape index (κ1) is 35.5. The van der Waals surface area contributed by atoms with Gasteiger partial charge in [-0.3, -0.25) is 9.79 Å². The number of carboxylic acid groups (broad SMARTS) is 1. The van der Waals surface area contributed by atoms with Gasteiger partial charge in [-0.25, -0.2) is 27.6 Å². The fourth-order valence-corrected chi connectivity index (χ4v) is 7.19. The molecule has 0 bridgehead atoms. The minimum Gasteiger partial charge on any atom is -0.478 e. The number of amides is 1. The average Bonchev–Trinajstić information content (AvgIpc) is 3.62. The maximum Gasteiger partial charge on any atom is 0.335 e. The zero-order valence-corrected chi connectivity index (χ0v) is 29.7. The second-order valence-electron chi connectivity index (χ2n) is 11.1. The van der Waals surface area contributed by atoms with E-state index in [1.54, 1.807) is 52.8 Å². The normalized spacial score (nSPS) is 14.3. The van der Waals surface area contributed by atoms with E-state index in [1.807, 2.05) is 31.3 Å². The highest BCUT2D eigenvalue weighted by Gasteiger charge is 2.14. The van der Waals surface area contributed by atoms with Crippen molar-refractivity contribution in [2.24, 2.45) is 24.1 Å². The van der Waals surface area contributed by atoms with E-state index in [0.717, 1.165) is 57.7 Å². The first-order valence-electron chi connectivity index (χ1n) is 15.1. The SMILES string of the molecule is CC(=O)Nc1ccc(-c2nn(C)c(=Nc3cccc(C(=O)O)c3)s2)cc1.Cn1nc(-c2ccc(S(C)(=O)=O)cc2)sc1=NC1CCOCC1. The van der Waals surface area contributed by atoms with Crippen molar-refractivity contribution in [1.82, 2.24) is 19.6 Å². The molecule has 0 atom stereocenters. The number of nitrogens with zero attached hydrogens (tertiary/aromatic N) is 6. The molecule has 1 fully saturated rings. The Balaban J connectivity index is 0.000000192. The summed E-state index contributed by atoms with van der Waals surface area (Å²) in [6.07, 6.45) is 3.09. The van der Waals surface area contributed by atoms with Crippen molar-refractivity contribution < 1.29 is 27.9 Å². The zero-order valence-electron chi connectivity index (χ0n) is 27.2. The number of aromatic nitrogens is 4. The Hall–Kier alpha value is -4.77. The molecule has 6 rings (SSSR count). The first-order chi connectivity index (χ1) is 23.4. The van der Waals surface area contributed by atoms with E-state index in [0.29, 0.717) is 15.4 Å². The van der Waals surface area contributed by atoms with E-state index in [9.17, 15) is 18.0 Å². The van der Waals surface area contributed by atoms with E-state index in [2.05, 4.69) is 20.5 Å². The van der Waals surface area contributed by atoms with E-state index >= 15 is 0 Å². The Morgan fingerprint density at radius 1 is 0.898 bits per heavy atom. The summed E-state index contributed by atoms with van der Waals surface area (Å²) >= 11 is 2.91. The van der Waals surface area contributed by atoms with Gasteiger partial charge in [0.05, 0.1) is 22.2 Å². The summed E-state index contributed by atoms with van der Waals surface area (Å²) in [5.41, 5.74) is 3.26. The number of benzene rings is 3. The quantitative estimate of drug-likeness (QED) is 0.244. The number of nitrogens with one attached hydrogen (secondary N) is 1. The van der Waals surface area contributed by atoms with Gasteiger partial charge in [-0.2, -0.15) is 10.2 Å². The van der Waals surface area contributed by atoms with E-state index in [4.69, 9.17) is 14.8 Å². The highest BCUT2D eigenvalue weighted by molar-refractivity contribution is 7.90. The minimum atomic E-state index is -3.18. The van der Waals surface area contributed by atoms with Gasteiger partial charge in [0, 0.05) is 57.3 Å². The van der Waals surface area contributed by atoms with Crippen molar-refractivity contribution in [3.63, 3.8) is 0 Å². The number of aryl methyl sites for hydroxylation is 2. The molecular formula is C33H35N7O6S3. The molecule has 0 spiro atoms. The smallest absolute Gasteiger partial charge is 0.335 e. The van der Waals surface area contributed by atoms with Crippen LogP contribution in [0.5, 0.6) is 0 Å². The first-order valence-corrected chi connectivity index (χ1v) is 18.6. The highest BCUT2D eigenvalue weighted by atomic mass is 32.2. The van der Waals surface area contributed by atoms with Gasteiger partial charge in [-0.15, -0.1) is 0 Å². The van der Waals surface area contributed by atoms with Crippen LogP contribution < -0.4 is 14.9 Å². The monoisotopic (exact) mass is 721 g/mol. The third kappa shape index (κ3) is 9.66. The van der Waals surface area contributed by atoms with Crippen LogP contribution in [0.25, 0.3) is 21.1 Å². The van der Waals surface area contributed by atoms with Crippen LogP contribution >= 0.6 is 22.7 Å². The van der Waals surface area contributed by atoms with Crippen molar-refractivity contribution in [1.29, 1.82) is 0 Å². The van der Waals surface area contributed by atoms with Gasteiger partial charge in [-0.1, -0.05) is 40.9 Å². The van der Waals surface area contributed by atoms with Gasteiger partial charge in [0.2, 0.25) is 15.5 Å². The van der Waals surface area contributed by atoms with E-state index in [-0.39, 0.29) is 17.5 Å². The van der Waals surface area contributed by atoms with Crippen LogP contribution in [0, 0.1) is 0 Å². The number of hydrogen-bond acceptors (Lipinski definition) is 11. The Kier molecular flexibility index (Phi) is 11.3. The molecule has 13 nitrogen and oxygen atoms in total. The number of carboxylic acids is 1. The van der Waals surface area contributed by atoms with Crippen LogP contribution in [0.15, 0.2) is 87.7 Å². The third-order valence-corrected chi connectivity index (χ3v) is 10.4. The van der Waals surface area contributed by atoms with Crippen molar-refractivity contribution in [2.45, 2.75) is 30.7 Å². The summed E-state index contributed by atoms with van der Waals surface area (Å²) in [7, 11) is 0.485. The molecule has 2 aromatic heterocycles. The molecule has 3 aromatic carbocycles. The fraction of sp³-hybridized carbons (Fsp3) is 0.273. The maximum absolute atomic E-state index is 11.5. The Morgan fingerprint density at radius 2 is 1.47 bits per heavy atom. The summed E-state index contributed by atoms with van der Waals surface area (Å²) in [6, 6.07) is 20.9. The molecule has 0 unspecified atom stereocenters. The molecule has 0 aliphatic carbocycles.